The standard InChI is InChI=1S/C16H24N2O3S/c1-12-6-5-7-13(10-12)18-14(19)11-22-9-8-17-15(20)21-16(2,3)4/h5-7,10H,8-9,11H2,1-4H3,(H,17,20)(H,18,19). The van der Waals surface area contributed by atoms with Crippen LogP contribution >= 0.6 is 11.8 Å². The van der Waals surface area contributed by atoms with Gasteiger partial charge in [-0.2, -0.15) is 11.8 Å². The molecule has 0 aliphatic heterocycles. The fraction of sp³-hybridized carbons (Fsp3) is 0.500. The molecule has 0 spiro atoms. The Morgan fingerprint density at radius 2 is 2.00 bits per heavy atom. The van der Waals surface area contributed by atoms with Crippen LogP contribution in [0.5, 0.6) is 0 Å². The molecule has 0 fully saturated rings. The van der Waals surface area contributed by atoms with Gasteiger partial charge in [0, 0.05) is 18.0 Å². The summed E-state index contributed by atoms with van der Waals surface area (Å²) in [4.78, 5) is 23.2. The molecule has 2 amide bonds. The topological polar surface area (TPSA) is 67.4 Å². The molecule has 122 valence electrons. The van der Waals surface area contributed by atoms with E-state index in [2.05, 4.69) is 10.6 Å². The van der Waals surface area contributed by atoms with Gasteiger partial charge in [-0.3, -0.25) is 4.79 Å². The lowest BCUT2D eigenvalue weighted by Crippen LogP contribution is -2.33. The average Bonchev–Trinajstić information content (AvgIpc) is 2.36. The van der Waals surface area contributed by atoms with Crippen molar-refractivity contribution in [2.45, 2.75) is 33.3 Å². The Morgan fingerprint density at radius 1 is 1.27 bits per heavy atom. The molecule has 0 atom stereocenters. The molecule has 0 saturated carbocycles. The number of benzene rings is 1. The molecule has 22 heavy (non-hydrogen) atoms. The van der Waals surface area contributed by atoms with Crippen molar-refractivity contribution in [3.8, 4) is 0 Å². The number of aryl methyl sites for hydroxylation is 1. The van der Waals surface area contributed by atoms with E-state index < -0.39 is 11.7 Å². The van der Waals surface area contributed by atoms with Crippen LogP contribution in [0.2, 0.25) is 0 Å². The smallest absolute Gasteiger partial charge is 0.407 e. The second-order valence-corrected chi connectivity index (χ2v) is 7.00. The molecule has 1 aromatic carbocycles. The summed E-state index contributed by atoms with van der Waals surface area (Å²) < 4.78 is 5.12. The quantitative estimate of drug-likeness (QED) is 0.789. The molecule has 0 aliphatic rings. The van der Waals surface area contributed by atoms with Crippen LogP contribution in [0.15, 0.2) is 24.3 Å². The van der Waals surface area contributed by atoms with E-state index in [4.69, 9.17) is 4.74 Å². The van der Waals surface area contributed by atoms with Gasteiger partial charge < -0.3 is 15.4 Å². The zero-order chi connectivity index (χ0) is 16.6. The predicted molar refractivity (Wildman–Crippen MR) is 91.4 cm³/mol. The van der Waals surface area contributed by atoms with E-state index in [1.807, 2.05) is 52.0 Å². The van der Waals surface area contributed by atoms with E-state index in [-0.39, 0.29) is 5.91 Å². The number of thioether (sulfide) groups is 1. The minimum atomic E-state index is -0.495. The Morgan fingerprint density at radius 3 is 2.64 bits per heavy atom. The van der Waals surface area contributed by atoms with Gasteiger partial charge in [0.2, 0.25) is 5.91 Å². The fourth-order valence-electron chi connectivity index (χ4n) is 1.62. The third-order valence-corrected chi connectivity index (χ3v) is 3.41. The Labute approximate surface area is 136 Å². The molecule has 0 aliphatic carbocycles. The molecule has 0 bridgehead atoms. The van der Waals surface area contributed by atoms with Crippen molar-refractivity contribution < 1.29 is 14.3 Å². The minimum absolute atomic E-state index is 0.0483. The second kappa shape index (κ2) is 8.68. The second-order valence-electron chi connectivity index (χ2n) is 5.90. The first-order chi connectivity index (χ1) is 10.3. The van der Waals surface area contributed by atoms with Crippen molar-refractivity contribution in [3.63, 3.8) is 0 Å². The zero-order valence-electron chi connectivity index (χ0n) is 13.6. The molecule has 0 unspecified atom stereocenters. The average molecular weight is 324 g/mol. The van der Waals surface area contributed by atoms with Crippen molar-refractivity contribution in [3.05, 3.63) is 29.8 Å². The maximum Gasteiger partial charge on any atom is 0.407 e. The molecular formula is C16H24N2O3S. The molecule has 5 nitrogen and oxygen atoms in total. The summed E-state index contributed by atoms with van der Waals surface area (Å²) in [5.74, 6) is 0.956. The fourth-order valence-corrected chi connectivity index (χ4v) is 2.27. The number of ether oxygens (including phenoxy) is 1. The van der Waals surface area contributed by atoms with Gasteiger partial charge in [-0.25, -0.2) is 4.79 Å². The highest BCUT2D eigenvalue weighted by molar-refractivity contribution is 7.99. The number of alkyl carbamates (subject to hydrolysis) is 1. The number of hydrogen-bond acceptors (Lipinski definition) is 4. The molecule has 0 heterocycles. The lowest BCUT2D eigenvalue weighted by atomic mass is 10.2. The third-order valence-electron chi connectivity index (χ3n) is 2.45. The Bertz CT molecular complexity index is 512. The van der Waals surface area contributed by atoms with Crippen LogP contribution in [-0.2, 0) is 9.53 Å². The van der Waals surface area contributed by atoms with Crippen LogP contribution in [0, 0.1) is 6.92 Å². The number of hydrogen-bond donors (Lipinski definition) is 2. The SMILES string of the molecule is Cc1cccc(NC(=O)CSCCNC(=O)OC(C)(C)C)c1. The summed E-state index contributed by atoms with van der Waals surface area (Å²) in [6, 6.07) is 7.67. The molecule has 0 radical (unpaired) electrons. The van der Waals surface area contributed by atoms with E-state index in [1.54, 1.807) is 0 Å². The van der Waals surface area contributed by atoms with Crippen LogP contribution in [0.4, 0.5) is 10.5 Å². The summed E-state index contributed by atoms with van der Waals surface area (Å²) in [6.45, 7) is 7.90. The van der Waals surface area contributed by atoms with Crippen molar-refractivity contribution in [2.24, 2.45) is 0 Å². The van der Waals surface area contributed by atoms with Crippen LogP contribution in [-0.4, -0.2) is 35.7 Å². The Balaban J connectivity index is 2.14. The Kier molecular flexibility index (Phi) is 7.24. The highest BCUT2D eigenvalue weighted by atomic mass is 32.2. The normalized spacial score (nSPS) is 10.9. The van der Waals surface area contributed by atoms with Gasteiger partial charge in [0.15, 0.2) is 0 Å². The van der Waals surface area contributed by atoms with Gasteiger partial charge >= 0.3 is 6.09 Å². The summed E-state index contributed by atoms with van der Waals surface area (Å²) in [7, 11) is 0. The first-order valence-electron chi connectivity index (χ1n) is 7.17. The van der Waals surface area contributed by atoms with Gasteiger partial charge in [0.1, 0.15) is 5.60 Å². The van der Waals surface area contributed by atoms with Gasteiger partial charge in [0.25, 0.3) is 0 Å². The lowest BCUT2D eigenvalue weighted by Gasteiger charge is -2.19. The number of anilines is 1. The molecule has 0 aromatic heterocycles. The predicted octanol–water partition coefficient (Wildman–Crippen LogP) is 3.19. The highest BCUT2D eigenvalue weighted by Gasteiger charge is 2.15. The molecule has 6 heteroatoms. The molecule has 2 N–H and O–H groups in total. The van der Waals surface area contributed by atoms with Crippen LogP contribution in [0.1, 0.15) is 26.3 Å². The maximum atomic E-state index is 11.8. The van der Waals surface area contributed by atoms with Crippen LogP contribution < -0.4 is 10.6 Å². The molecule has 0 saturated heterocycles. The lowest BCUT2D eigenvalue weighted by molar-refractivity contribution is -0.113. The van der Waals surface area contributed by atoms with Crippen molar-refractivity contribution in [1.82, 2.24) is 5.32 Å². The monoisotopic (exact) mass is 324 g/mol. The number of rotatable bonds is 6. The number of carbonyl (C=O) groups is 2. The van der Waals surface area contributed by atoms with Gasteiger partial charge in [-0.05, 0) is 45.4 Å². The summed E-state index contributed by atoms with van der Waals surface area (Å²) in [6.07, 6.45) is -0.433. The van der Waals surface area contributed by atoms with Gasteiger partial charge in [-0.15, -0.1) is 0 Å². The van der Waals surface area contributed by atoms with Gasteiger partial charge in [0.05, 0.1) is 5.75 Å². The van der Waals surface area contributed by atoms with Crippen LogP contribution in [0.25, 0.3) is 0 Å². The molecular weight excluding hydrogens is 300 g/mol. The first kappa shape index (κ1) is 18.4. The Hall–Kier alpha value is -1.69. The van der Waals surface area contributed by atoms with E-state index in [9.17, 15) is 9.59 Å². The largest absolute Gasteiger partial charge is 0.444 e. The summed E-state index contributed by atoms with van der Waals surface area (Å²) in [5, 5.41) is 5.50. The van der Waals surface area contributed by atoms with Gasteiger partial charge in [-0.1, -0.05) is 12.1 Å². The number of nitrogens with one attached hydrogen (secondary N) is 2. The number of carbonyl (C=O) groups excluding carboxylic acids is 2. The molecule has 1 rings (SSSR count). The summed E-state index contributed by atoms with van der Waals surface area (Å²) in [5.41, 5.74) is 1.41. The first-order valence-corrected chi connectivity index (χ1v) is 8.33. The third kappa shape index (κ3) is 8.56. The zero-order valence-corrected chi connectivity index (χ0v) is 14.4. The van der Waals surface area contributed by atoms with E-state index in [0.717, 1.165) is 11.3 Å². The maximum absolute atomic E-state index is 11.8. The summed E-state index contributed by atoms with van der Waals surface area (Å²) >= 11 is 1.46. The van der Waals surface area contributed by atoms with Crippen LogP contribution in [0.3, 0.4) is 0 Å². The van der Waals surface area contributed by atoms with E-state index in [0.29, 0.717) is 18.1 Å². The number of amides is 2. The van der Waals surface area contributed by atoms with E-state index in [1.165, 1.54) is 11.8 Å². The molecule has 1 aromatic rings. The van der Waals surface area contributed by atoms with Crippen molar-refractivity contribution >= 4 is 29.4 Å². The highest BCUT2D eigenvalue weighted by Crippen LogP contribution is 2.10. The van der Waals surface area contributed by atoms with Crippen molar-refractivity contribution in [1.29, 1.82) is 0 Å². The minimum Gasteiger partial charge on any atom is -0.444 e. The van der Waals surface area contributed by atoms with E-state index >= 15 is 0 Å². The van der Waals surface area contributed by atoms with Crippen molar-refractivity contribution in [2.75, 3.05) is 23.4 Å².